The van der Waals surface area contributed by atoms with Gasteiger partial charge in [-0.2, -0.15) is 12.6 Å². The van der Waals surface area contributed by atoms with Crippen LogP contribution in [0.25, 0.3) is 0 Å². The maximum atomic E-state index is 12.3. The summed E-state index contributed by atoms with van der Waals surface area (Å²) in [5.41, 5.74) is 6.01. The molecule has 8 nitrogen and oxygen atoms in total. The Hall–Kier alpha value is -3.89. The van der Waals surface area contributed by atoms with Crippen LogP contribution in [0.15, 0.2) is 54.7 Å². The van der Waals surface area contributed by atoms with Crippen molar-refractivity contribution in [2.24, 2.45) is 0 Å². The van der Waals surface area contributed by atoms with Crippen LogP contribution < -0.4 is 9.47 Å². The van der Waals surface area contributed by atoms with Gasteiger partial charge < -0.3 is 19.3 Å². The summed E-state index contributed by atoms with van der Waals surface area (Å²) in [4.78, 5) is 11.0. The minimum absolute atomic E-state index is 0.0101. The molecular weight excluding hydrogens is 678 g/mol. The SMILES string of the molecule is CC.CC.CC.CC.COCC(C)(C)n1cc(COc2c(C)cc(Oc3c(C)cc(CC(=O)O)cc3C)cc2C)nn1.Fc1ccc(CCS)cc1. The van der Waals surface area contributed by atoms with Gasteiger partial charge in [0.1, 0.15) is 35.4 Å². The number of thiol groups is 1. The average Bonchev–Trinajstić information content (AvgIpc) is 3.61. The molecule has 0 aliphatic rings. The van der Waals surface area contributed by atoms with Crippen LogP contribution in [0.3, 0.4) is 0 Å². The second-order valence-corrected chi connectivity index (χ2v) is 11.9. The van der Waals surface area contributed by atoms with Gasteiger partial charge in [-0.1, -0.05) is 84.9 Å². The molecule has 1 aromatic heterocycles. The molecule has 1 N–H and O–H groups in total. The quantitative estimate of drug-likeness (QED) is 0.139. The fraction of sp³-hybridized carbons (Fsp3) is 0.500. The highest BCUT2D eigenvalue weighted by Crippen LogP contribution is 2.35. The molecule has 0 spiro atoms. The zero-order valence-electron chi connectivity index (χ0n) is 34.5. The third-order valence-electron chi connectivity index (χ3n) is 6.87. The smallest absolute Gasteiger partial charge is 0.307 e. The summed E-state index contributed by atoms with van der Waals surface area (Å²) in [6, 6.07) is 14.1. The van der Waals surface area contributed by atoms with Crippen molar-refractivity contribution < 1.29 is 28.5 Å². The standard InChI is InChI=1S/C26H33N3O5.C8H9FS.4C2H6/c1-16-8-20(12-23(30)31)9-17(2)25(16)34-22-10-18(3)24(19(4)11-22)33-14-21-13-29(28-27-21)26(5,6)15-32-7;9-8-3-1-7(2-4-8)5-6-10;4*1-2/h8-11,13H,12,14-15H2,1-7H3,(H,30,31);1-4,10H,5-6H2;4*1-2H3. The molecule has 0 saturated carbocycles. The van der Waals surface area contributed by atoms with Gasteiger partial charge >= 0.3 is 5.97 Å². The molecule has 0 fully saturated rings. The highest BCUT2D eigenvalue weighted by atomic mass is 32.1. The van der Waals surface area contributed by atoms with E-state index in [1.165, 1.54) is 12.1 Å². The van der Waals surface area contributed by atoms with Crippen LogP contribution in [-0.2, 0) is 34.5 Å². The Morgan fingerprint density at radius 1 is 0.827 bits per heavy atom. The van der Waals surface area contributed by atoms with Gasteiger partial charge in [0.15, 0.2) is 0 Å². The maximum absolute atomic E-state index is 12.3. The monoisotopic (exact) mass is 743 g/mol. The Balaban J connectivity index is 0. The Kier molecular flexibility index (Phi) is 26.8. The molecule has 0 radical (unpaired) electrons. The molecule has 3 aromatic carbocycles. The van der Waals surface area contributed by atoms with E-state index >= 15 is 0 Å². The third-order valence-corrected chi connectivity index (χ3v) is 7.09. The Bertz CT molecular complexity index is 1510. The van der Waals surface area contributed by atoms with E-state index in [1.54, 1.807) is 23.9 Å². The van der Waals surface area contributed by atoms with E-state index in [0.29, 0.717) is 19.0 Å². The molecule has 0 bridgehead atoms. The number of carbonyl (C=O) groups is 1. The Labute approximate surface area is 319 Å². The first-order valence-electron chi connectivity index (χ1n) is 18.3. The van der Waals surface area contributed by atoms with E-state index < -0.39 is 5.97 Å². The Morgan fingerprint density at radius 2 is 1.33 bits per heavy atom. The molecular formula is C42H66FN3O5S. The van der Waals surface area contributed by atoms with Gasteiger partial charge in [-0.15, -0.1) is 5.10 Å². The molecule has 0 aliphatic heterocycles. The number of hydrogen-bond acceptors (Lipinski definition) is 7. The molecule has 292 valence electrons. The number of methoxy groups -OCH3 is 1. The van der Waals surface area contributed by atoms with Gasteiger partial charge in [0.25, 0.3) is 0 Å². The second kappa shape index (κ2) is 27.7. The number of nitrogens with zero attached hydrogens (tertiary/aromatic N) is 3. The third kappa shape index (κ3) is 17.6. The van der Waals surface area contributed by atoms with Crippen molar-refractivity contribution in [3.8, 4) is 17.2 Å². The summed E-state index contributed by atoms with van der Waals surface area (Å²) in [7, 11) is 1.67. The van der Waals surface area contributed by atoms with Crippen molar-refractivity contribution in [2.45, 2.75) is 122 Å². The van der Waals surface area contributed by atoms with Gasteiger partial charge in [-0.3, -0.25) is 4.79 Å². The lowest BCUT2D eigenvalue weighted by Crippen LogP contribution is -2.32. The van der Waals surface area contributed by atoms with Crippen molar-refractivity contribution in [2.75, 3.05) is 19.5 Å². The zero-order chi connectivity index (χ0) is 40.4. The molecule has 0 atom stereocenters. The number of aromatic nitrogens is 3. The number of carboxylic acids is 1. The second-order valence-electron chi connectivity index (χ2n) is 11.4. The molecule has 1 heterocycles. The summed E-state index contributed by atoms with van der Waals surface area (Å²) in [6.45, 7) is 28.7. The Morgan fingerprint density at radius 3 is 1.79 bits per heavy atom. The van der Waals surface area contributed by atoms with Crippen LogP contribution in [0, 0.1) is 33.5 Å². The van der Waals surface area contributed by atoms with Gasteiger partial charge in [0.05, 0.1) is 24.8 Å². The number of aliphatic carboxylic acids is 1. The van der Waals surface area contributed by atoms with Crippen molar-refractivity contribution in [3.63, 3.8) is 0 Å². The van der Waals surface area contributed by atoms with E-state index in [4.69, 9.17) is 19.3 Å². The number of halogens is 1. The molecule has 0 unspecified atom stereocenters. The number of aryl methyl sites for hydroxylation is 5. The van der Waals surface area contributed by atoms with Crippen LogP contribution in [0.2, 0.25) is 0 Å². The van der Waals surface area contributed by atoms with Crippen LogP contribution in [0.4, 0.5) is 4.39 Å². The fourth-order valence-electron chi connectivity index (χ4n) is 4.80. The summed E-state index contributed by atoms with van der Waals surface area (Å²) in [5.74, 6) is 2.00. The van der Waals surface area contributed by atoms with Crippen molar-refractivity contribution in [3.05, 3.63) is 99.6 Å². The lowest BCUT2D eigenvalue weighted by atomic mass is 10.0. The number of carboxylic acid groups (broad SMARTS) is 1. The lowest BCUT2D eigenvalue weighted by molar-refractivity contribution is -0.136. The summed E-state index contributed by atoms with van der Waals surface area (Å²) < 4.78 is 31.7. The normalized spacial score (nSPS) is 9.87. The molecule has 0 aliphatic carbocycles. The number of hydrogen-bond donors (Lipinski definition) is 2. The molecule has 52 heavy (non-hydrogen) atoms. The maximum Gasteiger partial charge on any atom is 0.307 e. The minimum atomic E-state index is -0.851. The fourth-order valence-corrected chi connectivity index (χ4v) is 5.06. The first-order chi connectivity index (χ1) is 24.8. The summed E-state index contributed by atoms with van der Waals surface area (Å²) in [6.07, 6.45) is 2.77. The zero-order valence-corrected chi connectivity index (χ0v) is 35.4. The van der Waals surface area contributed by atoms with E-state index in [-0.39, 0.29) is 17.8 Å². The molecule has 0 saturated heterocycles. The van der Waals surface area contributed by atoms with Crippen molar-refractivity contribution in [1.82, 2.24) is 15.0 Å². The first-order valence-corrected chi connectivity index (χ1v) is 19.0. The van der Waals surface area contributed by atoms with E-state index in [0.717, 1.165) is 62.7 Å². The molecule has 0 amide bonds. The van der Waals surface area contributed by atoms with E-state index in [2.05, 4.69) is 22.9 Å². The largest absolute Gasteiger partial charge is 0.487 e. The van der Waals surface area contributed by atoms with E-state index in [1.807, 2.05) is 127 Å². The van der Waals surface area contributed by atoms with Crippen molar-refractivity contribution in [1.29, 1.82) is 0 Å². The topological polar surface area (TPSA) is 95.7 Å². The van der Waals surface area contributed by atoms with E-state index in [9.17, 15) is 9.18 Å². The van der Waals surface area contributed by atoms with Crippen LogP contribution in [0.1, 0.15) is 108 Å². The minimum Gasteiger partial charge on any atom is -0.487 e. The van der Waals surface area contributed by atoms with Crippen molar-refractivity contribution >= 4 is 18.6 Å². The predicted molar refractivity (Wildman–Crippen MR) is 218 cm³/mol. The average molecular weight is 744 g/mol. The molecule has 4 aromatic rings. The molecule has 4 rings (SSSR count). The predicted octanol–water partition coefficient (Wildman–Crippen LogP) is 11.3. The summed E-state index contributed by atoms with van der Waals surface area (Å²) >= 11 is 4.06. The molecule has 10 heteroatoms. The lowest BCUT2D eigenvalue weighted by Gasteiger charge is -2.23. The number of ether oxygens (including phenoxy) is 3. The van der Waals surface area contributed by atoms with Gasteiger partial charge in [-0.05, 0) is 111 Å². The first kappa shape index (κ1) is 50.2. The number of rotatable bonds is 12. The van der Waals surface area contributed by atoms with Crippen LogP contribution in [0.5, 0.6) is 17.2 Å². The van der Waals surface area contributed by atoms with Gasteiger partial charge in [0, 0.05) is 7.11 Å². The highest BCUT2D eigenvalue weighted by molar-refractivity contribution is 7.80. The highest BCUT2D eigenvalue weighted by Gasteiger charge is 2.22. The van der Waals surface area contributed by atoms with Crippen LogP contribution in [-0.4, -0.2) is 45.5 Å². The number of benzene rings is 3. The summed E-state index contributed by atoms with van der Waals surface area (Å²) in [5, 5.41) is 17.5. The van der Waals surface area contributed by atoms with Gasteiger partial charge in [0.2, 0.25) is 0 Å². The van der Waals surface area contributed by atoms with Gasteiger partial charge in [-0.25, -0.2) is 9.07 Å². The van der Waals surface area contributed by atoms with Crippen LogP contribution >= 0.6 is 12.6 Å².